The molecule has 2 aromatic carbocycles. The van der Waals surface area contributed by atoms with Crippen LogP contribution < -0.4 is 10.1 Å². The van der Waals surface area contributed by atoms with E-state index in [0.29, 0.717) is 58.2 Å². The fraction of sp³-hybridized carbons (Fsp3) is 0.423. The average Bonchev–Trinajstić information content (AvgIpc) is 3.44. The summed E-state index contributed by atoms with van der Waals surface area (Å²) in [6.45, 7) is 3.67. The Morgan fingerprint density at radius 3 is 2.03 bits per heavy atom. The van der Waals surface area contributed by atoms with Crippen LogP contribution in [0, 0.1) is 0 Å². The van der Waals surface area contributed by atoms with Gasteiger partial charge < -0.3 is 29.5 Å². The predicted molar refractivity (Wildman–Crippen MR) is 131 cm³/mol. The lowest BCUT2D eigenvalue weighted by Gasteiger charge is -2.34. The summed E-state index contributed by atoms with van der Waals surface area (Å²) in [6, 6.07) is 15.1. The molecule has 2 aliphatic heterocycles. The monoisotopic (exact) mass is 480 g/mol. The van der Waals surface area contributed by atoms with Gasteiger partial charge in [-0.15, -0.1) is 0 Å². The predicted octanol–water partition coefficient (Wildman–Crippen LogP) is 2.71. The van der Waals surface area contributed by atoms with Crippen molar-refractivity contribution in [2.75, 3.05) is 51.7 Å². The highest BCUT2D eigenvalue weighted by atomic mass is 16.5. The zero-order valence-electron chi connectivity index (χ0n) is 20.1. The van der Waals surface area contributed by atoms with E-state index >= 15 is 0 Å². The highest BCUT2D eigenvalue weighted by Gasteiger charge is 2.31. The number of nitrogens with one attached hydrogen (secondary N) is 1. The summed E-state index contributed by atoms with van der Waals surface area (Å²) in [7, 11) is 1.64. The highest BCUT2D eigenvalue weighted by Crippen LogP contribution is 2.16. The number of carbonyl (C=O) groups is 3. The molecule has 2 heterocycles. The molecule has 1 N–H and O–H groups in total. The van der Waals surface area contributed by atoms with Crippen molar-refractivity contribution in [3.05, 3.63) is 59.7 Å². The maximum atomic E-state index is 12.7. The van der Waals surface area contributed by atoms with Crippen molar-refractivity contribution in [1.82, 2.24) is 14.7 Å². The summed E-state index contributed by atoms with van der Waals surface area (Å²) in [4.78, 5) is 42.4. The van der Waals surface area contributed by atoms with Crippen LogP contribution in [-0.2, 0) is 27.5 Å². The van der Waals surface area contributed by atoms with Crippen molar-refractivity contribution >= 4 is 23.5 Å². The highest BCUT2D eigenvalue weighted by molar-refractivity contribution is 6.35. The van der Waals surface area contributed by atoms with Gasteiger partial charge in [0.05, 0.1) is 20.3 Å². The van der Waals surface area contributed by atoms with E-state index in [1.165, 1.54) is 0 Å². The number of hydrogen-bond acceptors (Lipinski definition) is 5. The van der Waals surface area contributed by atoms with E-state index in [0.717, 1.165) is 29.7 Å². The molecule has 4 rings (SSSR count). The lowest BCUT2D eigenvalue weighted by atomic mass is 10.2. The number of amides is 4. The number of anilines is 1. The number of rotatable bonds is 6. The summed E-state index contributed by atoms with van der Waals surface area (Å²) in [5, 5.41) is 2.92. The standard InChI is InChI=1S/C26H32N4O5/c1-34-23-9-7-20(8-10-23)18-35-19-21-5-4-6-22(17-21)27-26(33)30-15-13-29(14-16-30)25(32)24(31)28-11-2-3-12-28/h4-10,17H,2-3,11-16,18-19H2,1H3,(H,27,33). The SMILES string of the molecule is COc1ccc(COCc2cccc(NC(=O)N3CCN(C(=O)C(=O)N4CCCC4)CC3)c2)cc1. The molecule has 2 aliphatic rings. The normalized spacial score (nSPS) is 15.7. The second kappa shape index (κ2) is 11.7. The van der Waals surface area contributed by atoms with Crippen LogP contribution in [0.1, 0.15) is 24.0 Å². The third kappa shape index (κ3) is 6.51. The number of piperazine rings is 1. The summed E-state index contributed by atoms with van der Waals surface area (Å²) in [5.74, 6) is -0.0819. The van der Waals surface area contributed by atoms with Gasteiger partial charge in [0.15, 0.2) is 0 Å². The minimum absolute atomic E-state index is 0.223. The summed E-state index contributed by atoms with van der Waals surface area (Å²) in [5.41, 5.74) is 2.69. The van der Waals surface area contributed by atoms with Gasteiger partial charge in [0.1, 0.15) is 5.75 Å². The van der Waals surface area contributed by atoms with Crippen LogP contribution in [0.4, 0.5) is 10.5 Å². The minimum atomic E-state index is -0.464. The van der Waals surface area contributed by atoms with Gasteiger partial charge in [0.2, 0.25) is 0 Å². The fourth-order valence-corrected chi connectivity index (χ4v) is 4.25. The Hall–Kier alpha value is -3.59. The molecule has 4 amide bonds. The number of nitrogens with zero attached hydrogens (tertiary/aromatic N) is 3. The summed E-state index contributed by atoms with van der Waals surface area (Å²) < 4.78 is 11.0. The molecule has 0 spiro atoms. The average molecular weight is 481 g/mol. The Morgan fingerprint density at radius 1 is 0.771 bits per heavy atom. The van der Waals surface area contributed by atoms with Crippen molar-refractivity contribution in [2.45, 2.75) is 26.1 Å². The van der Waals surface area contributed by atoms with Gasteiger partial charge in [-0.2, -0.15) is 0 Å². The van der Waals surface area contributed by atoms with Gasteiger partial charge in [-0.25, -0.2) is 4.79 Å². The number of likely N-dealkylation sites (tertiary alicyclic amines) is 1. The molecule has 2 saturated heterocycles. The van der Waals surface area contributed by atoms with E-state index in [9.17, 15) is 14.4 Å². The Bertz CT molecular complexity index is 1030. The Morgan fingerprint density at radius 2 is 1.37 bits per heavy atom. The molecule has 9 heteroatoms. The van der Waals surface area contributed by atoms with Gasteiger partial charge in [0, 0.05) is 45.0 Å². The van der Waals surface area contributed by atoms with Crippen molar-refractivity contribution in [3.63, 3.8) is 0 Å². The lowest BCUT2D eigenvalue weighted by molar-refractivity contribution is -0.152. The smallest absolute Gasteiger partial charge is 0.321 e. The number of urea groups is 1. The van der Waals surface area contributed by atoms with Gasteiger partial charge >= 0.3 is 17.8 Å². The summed E-state index contributed by atoms with van der Waals surface area (Å²) in [6.07, 6.45) is 1.89. The van der Waals surface area contributed by atoms with Crippen molar-refractivity contribution in [2.24, 2.45) is 0 Å². The van der Waals surface area contributed by atoms with E-state index in [1.807, 2.05) is 48.5 Å². The second-order valence-corrected chi connectivity index (χ2v) is 8.75. The van der Waals surface area contributed by atoms with Crippen LogP contribution >= 0.6 is 0 Å². The Balaban J connectivity index is 1.22. The molecule has 0 radical (unpaired) electrons. The van der Waals surface area contributed by atoms with Crippen LogP contribution in [-0.4, -0.2) is 78.9 Å². The number of hydrogen-bond donors (Lipinski definition) is 1. The minimum Gasteiger partial charge on any atom is -0.497 e. The molecular formula is C26H32N4O5. The number of carbonyl (C=O) groups excluding carboxylic acids is 3. The first-order chi connectivity index (χ1) is 17.0. The zero-order valence-corrected chi connectivity index (χ0v) is 20.1. The van der Waals surface area contributed by atoms with Crippen molar-refractivity contribution < 1.29 is 23.9 Å². The lowest BCUT2D eigenvalue weighted by Crippen LogP contribution is -2.54. The van der Waals surface area contributed by atoms with Gasteiger partial charge in [-0.05, 0) is 48.2 Å². The third-order valence-electron chi connectivity index (χ3n) is 6.31. The van der Waals surface area contributed by atoms with Crippen molar-refractivity contribution in [1.29, 1.82) is 0 Å². The molecule has 186 valence electrons. The maximum Gasteiger partial charge on any atom is 0.321 e. The molecule has 2 fully saturated rings. The third-order valence-corrected chi connectivity index (χ3v) is 6.31. The molecule has 9 nitrogen and oxygen atoms in total. The van der Waals surface area contributed by atoms with E-state index in [2.05, 4.69) is 5.32 Å². The van der Waals surface area contributed by atoms with E-state index in [-0.39, 0.29) is 6.03 Å². The molecule has 0 saturated carbocycles. The van der Waals surface area contributed by atoms with Crippen molar-refractivity contribution in [3.8, 4) is 5.75 Å². The number of ether oxygens (including phenoxy) is 2. The first-order valence-electron chi connectivity index (χ1n) is 12.0. The largest absolute Gasteiger partial charge is 0.497 e. The quantitative estimate of drug-likeness (QED) is 0.642. The van der Waals surface area contributed by atoms with Gasteiger partial charge in [-0.3, -0.25) is 9.59 Å². The number of methoxy groups -OCH3 is 1. The first-order valence-corrected chi connectivity index (χ1v) is 12.0. The number of benzene rings is 2. The second-order valence-electron chi connectivity index (χ2n) is 8.75. The zero-order chi connectivity index (χ0) is 24.6. The molecule has 0 aromatic heterocycles. The molecule has 0 unspecified atom stereocenters. The molecule has 35 heavy (non-hydrogen) atoms. The Kier molecular flexibility index (Phi) is 8.20. The fourth-order valence-electron chi connectivity index (χ4n) is 4.25. The van der Waals surface area contributed by atoms with Gasteiger partial charge in [-0.1, -0.05) is 24.3 Å². The molecule has 2 aromatic rings. The maximum absolute atomic E-state index is 12.7. The van der Waals surface area contributed by atoms with Crippen LogP contribution in [0.5, 0.6) is 5.75 Å². The van der Waals surface area contributed by atoms with Crippen LogP contribution in [0.15, 0.2) is 48.5 Å². The van der Waals surface area contributed by atoms with Crippen LogP contribution in [0.25, 0.3) is 0 Å². The van der Waals surface area contributed by atoms with Crippen LogP contribution in [0.3, 0.4) is 0 Å². The first kappa shape index (κ1) is 24.5. The molecule has 0 bridgehead atoms. The van der Waals surface area contributed by atoms with E-state index < -0.39 is 11.8 Å². The Labute approximate surface area is 205 Å². The summed E-state index contributed by atoms with van der Waals surface area (Å²) >= 11 is 0. The molecule has 0 aliphatic carbocycles. The molecule has 0 atom stereocenters. The molecular weight excluding hydrogens is 448 g/mol. The van der Waals surface area contributed by atoms with Crippen LogP contribution in [0.2, 0.25) is 0 Å². The van der Waals surface area contributed by atoms with E-state index in [4.69, 9.17) is 9.47 Å². The van der Waals surface area contributed by atoms with Gasteiger partial charge in [0.25, 0.3) is 0 Å². The van der Waals surface area contributed by atoms with E-state index in [1.54, 1.807) is 21.8 Å². The topological polar surface area (TPSA) is 91.4 Å².